The number of fused-ring (bicyclic) bond motifs is 1. The van der Waals surface area contributed by atoms with E-state index in [0.29, 0.717) is 12.2 Å². The molecule has 1 amide bonds. The Morgan fingerprint density at radius 2 is 2.31 bits per heavy atom. The van der Waals surface area contributed by atoms with Crippen molar-refractivity contribution in [1.29, 1.82) is 0 Å². The van der Waals surface area contributed by atoms with Crippen LogP contribution in [0, 0.1) is 5.92 Å². The van der Waals surface area contributed by atoms with Crippen molar-refractivity contribution in [1.82, 2.24) is 24.5 Å². The summed E-state index contributed by atoms with van der Waals surface area (Å²) in [6, 6.07) is 7.71. The van der Waals surface area contributed by atoms with Gasteiger partial charge in [0.25, 0.3) is 5.91 Å². The van der Waals surface area contributed by atoms with Crippen LogP contribution in [-0.4, -0.2) is 38.2 Å². The van der Waals surface area contributed by atoms with E-state index in [2.05, 4.69) is 22.3 Å². The van der Waals surface area contributed by atoms with Crippen LogP contribution in [0.2, 0.25) is 0 Å². The van der Waals surface area contributed by atoms with Crippen molar-refractivity contribution in [2.24, 2.45) is 5.92 Å². The highest BCUT2D eigenvalue weighted by molar-refractivity contribution is 5.92. The Kier molecular flexibility index (Phi) is 4.71. The number of ether oxygens (including phenoxy) is 1. The monoisotopic (exact) mass is 353 g/mol. The molecular weight excluding hydrogens is 330 g/mol. The maximum absolute atomic E-state index is 12.5. The minimum Gasteiger partial charge on any atom is -0.372 e. The number of carbonyl (C=O) groups is 1. The number of pyridine rings is 1. The van der Waals surface area contributed by atoms with Gasteiger partial charge in [0.1, 0.15) is 17.4 Å². The van der Waals surface area contributed by atoms with Gasteiger partial charge in [-0.2, -0.15) is 5.10 Å². The zero-order valence-corrected chi connectivity index (χ0v) is 14.8. The van der Waals surface area contributed by atoms with E-state index < -0.39 is 0 Å². The van der Waals surface area contributed by atoms with Gasteiger partial charge >= 0.3 is 0 Å². The highest BCUT2D eigenvalue weighted by Gasteiger charge is 2.30. The Morgan fingerprint density at radius 3 is 3.15 bits per heavy atom. The van der Waals surface area contributed by atoms with Gasteiger partial charge in [0.15, 0.2) is 0 Å². The maximum atomic E-state index is 12.5. The van der Waals surface area contributed by atoms with E-state index in [4.69, 9.17) is 4.74 Å². The van der Waals surface area contributed by atoms with Crippen LogP contribution in [0.5, 0.6) is 0 Å². The third kappa shape index (κ3) is 3.22. The average molecular weight is 353 g/mol. The summed E-state index contributed by atoms with van der Waals surface area (Å²) in [7, 11) is 0. The van der Waals surface area contributed by atoms with Crippen molar-refractivity contribution >= 4 is 11.6 Å². The maximum Gasteiger partial charge on any atom is 0.271 e. The van der Waals surface area contributed by atoms with Crippen molar-refractivity contribution in [3.63, 3.8) is 0 Å². The van der Waals surface area contributed by atoms with Gasteiger partial charge in [0.2, 0.25) is 0 Å². The molecule has 0 aliphatic carbocycles. The van der Waals surface area contributed by atoms with Crippen LogP contribution < -0.4 is 5.32 Å². The molecule has 1 saturated heterocycles. The largest absolute Gasteiger partial charge is 0.372 e. The van der Waals surface area contributed by atoms with Gasteiger partial charge in [-0.15, -0.1) is 0 Å². The van der Waals surface area contributed by atoms with Gasteiger partial charge in [-0.05, 0) is 38.0 Å². The molecule has 7 heteroatoms. The fourth-order valence-corrected chi connectivity index (χ4v) is 3.59. The number of rotatable bonds is 5. The third-order valence-corrected chi connectivity index (χ3v) is 4.91. The minimum absolute atomic E-state index is 0.0347. The SMILES string of the molecule is CCn1nccc1[C@@H]1OCCC[C@H]1CNC(=O)c1cn2ccccc2n1. The van der Waals surface area contributed by atoms with Gasteiger partial charge in [0, 0.05) is 44.2 Å². The molecule has 136 valence electrons. The fourth-order valence-electron chi connectivity index (χ4n) is 3.59. The lowest BCUT2D eigenvalue weighted by molar-refractivity contribution is -0.0321. The summed E-state index contributed by atoms with van der Waals surface area (Å²) in [5.74, 6) is 0.0776. The number of hydrogen-bond acceptors (Lipinski definition) is 4. The molecule has 0 bridgehead atoms. The number of nitrogens with one attached hydrogen (secondary N) is 1. The quantitative estimate of drug-likeness (QED) is 0.765. The fraction of sp³-hybridized carbons (Fsp3) is 0.421. The molecule has 0 spiro atoms. The lowest BCUT2D eigenvalue weighted by Gasteiger charge is -2.32. The molecule has 1 aliphatic rings. The third-order valence-electron chi connectivity index (χ3n) is 4.91. The number of aromatic nitrogens is 4. The number of aryl methyl sites for hydroxylation is 1. The number of carbonyl (C=O) groups excluding carboxylic acids is 1. The normalized spacial score (nSPS) is 20.3. The first-order valence-corrected chi connectivity index (χ1v) is 9.11. The number of imidazole rings is 1. The molecule has 1 N–H and O–H groups in total. The van der Waals surface area contributed by atoms with Crippen LogP contribution in [0.15, 0.2) is 42.9 Å². The molecule has 3 aromatic rings. The van der Waals surface area contributed by atoms with Crippen LogP contribution >= 0.6 is 0 Å². The van der Waals surface area contributed by atoms with Crippen LogP contribution in [0.1, 0.15) is 42.1 Å². The van der Waals surface area contributed by atoms with E-state index in [1.54, 1.807) is 6.20 Å². The standard InChI is InChI=1S/C19H23N5O2/c1-2-24-16(8-9-21-24)18-14(6-5-11-26-18)12-20-19(25)15-13-23-10-4-3-7-17(23)22-15/h3-4,7-10,13-14,18H,2,5-6,11-12H2,1H3,(H,20,25)/t14-,18+/m0/s1. The number of hydrogen-bond donors (Lipinski definition) is 1. The van der Waals surface area contributed by atoms with Gasteiger partial charge in [-0.25, -0.2) is 4.98 Å². The van der Waals surface area contributed by atoms with Crippen molar-refractivity contribution in [3.8, 4) is 0 Å². The second-order valence-electron chi connectivity index (χ2n) is 6.57. The Labute approximate surface area is 152 Å². The van der Waals surface area contributed by atoms with Crippen molar-refractivity contribution < 1.29 is 9.53 Å². The second kappa shape index (κ2) is 7.29. The molecule has 1 fully saturated rings. The predicted molar refractivity (Wildman–Crippen MR) is 96.8 cm³/mol. The summed E-state index contributed by atoms with van der Waals surface area (Å²) in [6.07, 6.45) is 7.44. The lowest BCUT2D eigenvalue weighted by Crippen LogP contribution is -2.36. The molecule has 0 saturated carbocycles. The Bertz CT molecular complexity index is 867. The van der Waals surface area contributed by atoms with Crippen molar-refractivity contribution in [3.05, 3.63) is 54.2 Å². The van der Waals surface area contributed by atoms with Crippen LogP contribution in [-0.2, 0) is 11.3 Å². The summed E-state index contributed by atoms with van der Waals surface area (Å²) in [5.41, 5.74) is 2.28. The Hall–Kier alpha value is -2.67. The van der Waals surface area contributed by atoms with Gasteiger partial charge in [-0.1, -0.05) is 6.07 Å². The molecule has 0 radical (unpaired) electrons. The van der Waals surface area contributed by atoms with E-state index in [1.807, 2.05) is 45.7 Å². The molecule has 0 aromatic carbocycles. The average Bonchev–Trinajstić information content (AvgIpc) is 3.32. The van der Waals surface area contributed by atoms with Crippen LogP contribution in [0.3, 0.4) is 0 Å². The number of amides is 1. The summed E-state index contributed by atoms with van der Waals surface area (Å²) < 4.78 is 9.85. The summed E-state index contributed by atoms with van der Waals surface area (Å²) in [4.78, 5) is 16.9. The summed E-state index contributed by atoms with van der Waals surface area (Å²) in [5, 5.41) is 7.38. The molecule has 1 aliphatic heterocycles. The van der Waals surface area contributed by atoms with E-state index >= 15 is 0 Å². The molecule has 0 unspecified atom stereocenters. The highest BCUT2D eigenvalue weighted by Crippen LogP contribution is 2.33. The predicted octanol–water partition coefficient (Wildman–Crippen LogP) is 2.45. The molecule has 4 rings (SSSR count). The van der Waals surface area contributed by atoms with Crippen LogP contribution in [0.4, 0.5) is 0 Å². The van der Waals surface area contributed by atoms with E-state index in [9.17, 15) is 4.79 Å². The molecular formula is C19H23N5O2. The van der Waals surface area contributed by atoms with Crippen molar-refractivity contribution in [2.75, 3.05) is 13.2 Å². The zero-order chi connectivity index (χ0) is 17.9. The topological polar surface area (TPSA) is 73.5 Å². The highest BCUT2D eigenvalue weighted by atomic mass is 16.5. The van der Waals surface area contributed by atoms with Gasteiger partial charge in [0.05, 0.1) is 5.69 Å². The molecule has 4 heterocycles. The van der Waals surface area contributed by atoms with Crippen molar-refractivity contribution in [2.45, 2.75) is 32.4 Å². The first kappa shape index (κ1) is 16.8. The van der Waals surface area contributed by atoms with Gasteiger partial charge in [-0.3, -0.25) is 9.48 Å². The Morgan fingerprint density at radius 1 is 1.38 bits per heavy atom. The second-order valence-corrected chi connectivity index (χ2v) is 6.57. The molecule has 2 atom stereocenters. The first-order chi connectivity index (χ1) is 12.8. The van der Waals surface area contributed by atoms with Gasteiger partial charge < -0.3 is 14.5 Å². The van der Waals surface area contributed by atoms with E-state index in [-0.39, 0.29) is 17.9 Å². The smallest absolute Gasteiger partial charge is 0.271 e. The number of nitrogens with zero attached hydrogens (tertiary/aromatic N) is 4. The minimum atomic E-state index is -0.151. The summed E-state index contributed by atoms with van der Waals surface area (Å²) >= 11 is 0. The van der Waals surface area contributed by atoms with E-state index in [1.165, 1.54) is 0 Å². The molecule has 3 aromatic heterocycles. The Balaban J connectivity index is 1.45. The van der Waals surface area contributed by atoms with E-state index in [0.717, 1.165) is 37.3 Å². The first-order valence-electron chi connectivity index (χ1n) is 9.11. The molecule has 7 nitrogen and oxygen atoms in total. The van der Waals surface area contributed by atoms with Crippen LogP contribution in [0.25, 0.3) is 5.65 Å². The molecule has 26 heavy (non-hydrogen) atoms. The zero-order valence-electron chi connectivity index (χ0n) is 14.8. The summed E-state index contributed by atoms with van der Waals surface area (Å²) in [6.45, 7) is 4.19. The lowest BCUT2D eigenvalue weighted by atomic mass is 9.92.